The molecule has 0 radical (unpaired) electrons. The molecule has 0 aliphatic carbocycles. The first-order chi connectivity index (χ1) is 10.0. The standard InChI is InChI=1S/C14H20N4O3/c1-17-7-8-18(14(17)20)6-5-13(19)16-11-9-10(15)3-4-12(11)21-2/h3-4,9H,5-8,15H2,1-2H3,(H,16,19). The van der Waals surface area contributed by atoms with Crippen LogP contribution in [0.1, 0.15) is 6.42 Å². The molecular weight excluding hydrogens is 272 g/mol. The van der Waals surface area contributed by atoms with Gasteiger partial charge < -0.3 is 25.6 Å². The molecule has 0 saturated carbocycles. The van der Waals surface area contributed by atoms with E-state index in [1.54, 1.807) is 35.0 Å². The van der Waals surface area contributed by atoms with Crippen LogP contribution in [-0.2, 0) is 4.79 Å². The van der Waals surface area contributed by atoms with Gasteiger partial charge in [0, 0.05) is 38.8 Å². The molecule has 3 N–H and O–H groups in total. The highest BCUT2D eigenvalue weighted by Crippen LogP contribution is 2.26. The van der Waals surface area contributed by atoms with Crippen LogP contribution < -0.4 is 15.8 Å². The first-order valence-electron chi connectivity index (χ1n) is 6.74. The van der Waals surface area contributed by atoms with Crippen LogP contribution in [0.2, 0.25) is 0 Å². The van der Waals surface area contributed by atoms with Crippen LogP contribution in [-0.4, -0.2) is 55.5 Å². The molecule has 0 aromatic heterocycles. The van der Waals surface area contributed by atoms with E-state index in [4.69, 9.17) is 10.5 Å². The molecule has 0 bridgehead atoms. The van der Waals surface area contributed by atoms with Gasteiger partial charge in [0.2, 0.25) is 5.91 Å². The molecule has 2 rings (SSSR count). The van der Waals surface area contributed by atoms with Gasteiger partial charge in [-0.25, -0.2) is 4.79 Å². The lowest BCUT2D eigenvalue weighted by atomic mass is 10.2. The van der Waals surface area contributed by atoms with E-state index >= 15 is 0 Å². The Morgan fingerprint density at radius 2 is 2.19 bits per heavy atom. The number of urea groups is 1. The zero-order valence-electron chi connectivity index (χ0n) is 12.3. The maximum Gasteiger partial charge on any atom is 0.319 e. The van der Waals surface area contributed by atoms with Crippen LogP contribution >= 0.6 is 0 Å². The van der Waals surface area contributed by atoms with Crippen molar-refractivity contribution in [1.29, 1.82) is 0 Å². The van der Waals surface area contributed by atoms with Crippen molar-refractivity contribution in [1.82, 2.24) is 9.80 Å². The van der Waals surface area contributed by atoms with Crippen LogP contribution in [0, 0.1) is 0 Å². The monoisotopic (exact) mass is 292 g/mol. The van der Waals surface area contributed by atoms with Gasteiger partial charge in [0.25, 0.3) is 0 Å². The fraction of sp³-hybridized carbons (Fsp3) is 0.429. The van der Waals surface area contributed by atoms with Crippen molar-refractivity contribution < 1.29 is 14.3 Å². The molecule has 1 aromatic rings. The van der Waals surface area contributed by atoms with E-state index in [-0.39, 0.29) is 18.4 Å². The van der Waals surface area contributed by atoms with Gasteiger partial charge in [-0.3, -0.25) is 4.79 Å². The number of methoxy groups -OCH3 is 1. The van der Waals surface area contributed by atoms with E-state index in [2.05, 4.69) is 5.32 Å². The topological polar surface area (TPSA) is 87.9 Å². The smallest absolute Gasteiger partial charge is 0.319 e. The zero-order chi connectivity index (χ0) is 15.4. The number of nitrogen functional groups attached to an aromatic ring is 1. The largest absolute Gasteiger partial charge is 0.495 e. The van der Waals surface area contributed by atoms with Crippen LogP contribution in [0.25, 0.3) is 0 Å². The number of ether oxygens (including phenoxy) is 1. The summed E-state index contributed by atoms with van der Waals surface area (Å²) in [6.45, 7) is 1.76. The number of carbonyl (C=O) groups excluding carboxylic acids is 2. The number of hydrogen-bond acceptors (Lipinski definition) is 4. The van der Waals surface area contributed by atoms with Gasteiger partial charge in [-0.1, -0.05) is 0 Å². The van der Waals surface area contributed by atoms with E-state index < -0.39 is 0 Å². The highest BCUT2D eigenvalue weighted by molar-refractivity contribution is 5.93. The van der Waals surface area contributed by atoms with Crippen LogP contribution in [0.4, 0.5) is 16.2 Å². The van der Waals surface area contributed by atoms with E-state index in [1.807, 2.05) is 0 Å². The van der Waals surface area contributed by atoms with Crippen LogP contribution in [0.15, 0.2) is 18.2 Å². The molecule has 3 amide bonds. The first-order valence-corrected chi connectivity index (χ1v) is 6.74. The van der Waals surface area contributed by atoms with Crippen molar-refractivity contribution in [2.75, 3.05) is 44.8 Å². The average molecular weight is 292 g/mol. The third-order valence-corrected chi connectivity index (χ3v) is 3.41. The molecule has 1 saturated heterocycles. The first kappa shape index (κ1) is 15.0. The summed E-state index contributed by atoms with van der Waals surface area (Å²) in [5.41, 5.74) is 6.78. The number of anilines is 2. The number of likely N-dealkylation sites (N-methyl/N-ethyl adjacent to an activating group) is 1. The Kier molecular flexibility index (Phi) is 4.52. The predicted molar refractivity (Wildman–Crippen MR) is 80.3 cm³/mol. The second-order valence-electron chi connectivity index (χ2n) is 4.95. The molecule has 0 atom stereocenters. The Bertz CT molecular complexity index is 547. The lowest BCUT2D eigenvalue weighted by Gasteiger charge is -2.16. The average Bonchev–Trinajstić information content (AvgIpc) is 2.77. The molecule has 7 nitrogen and oxygen atoms in total. The number of amides is 3. The molecule has 114 valence electrons. The normalized spacial score (nSPS) is 14.5. The fourth-order valence-electron chi connectivity index (χ4n) is 2.18. The summed E-state index contributed by atoms with van der Waals surface area (Å²) in [6.07, 6.45) is 0.234. The summed E-state index contributed by atoms with van der Waals surface area (Å²) in [5, 5.41) is 2.76. The summed E-state index contributed by atoms with van der Waals surface area (Å²) in [5.74, 6) is 0.371. The number of benzene rings is 1. The molecule has 1 heterocycles. The Labute approximate surface area is 123 Å². The molecule has 0 unspecified atom stereocenters. The van der Waals surface area contributed by atoms with Crippen molar-refractivity contribution in [2.45, 2.75) is 6.42 Å². The summed E-state index contributed by atoms with van der Waals surface area (Å²) in [4.78, 5) is 27.0. The third kappa shape index (κ3) is 3.56. The Balaban J connectivity index is 1.90. The maximum atomic E-state index is 12.0. The van der Waals surface area contributed by atoms with Crippen LogP contribution in [0.3, 0.4) is 0 Å². The van der Waals surface area contributed by atoms with Gasteiger partial charge in [-0.15, -0.1) is 0 Å². The summed E-state index contributed by atoms with van der Waals surface area (Å²) >= 11 is 0. The van der Waals surface area contributed by atoms with Gasteiger partial charge in [-0.05, 0) is 18.2 Å². The van der Waals surface area contributed by atoms with Gasteiger partial charge >= 0.3 is 6.03 Å². The molecule has 0 spiro atoms. The summed E-state index contributed by atoms with van der Waals surface area (Å²) in [6, 6.07) is 5.01. The van der Waals surface area contributed by atoms with Crippen molar-refractivity contribution in [2.24, 2.45) is 0 Å². The Morgan fingerprint density at radius 1 is 1.43 bits per heavy atom. The lowest BCUT2D eigenvalue weighted by molar-refractivity contribution is -0.116. The van der Waals surface area contributed by atoms with E-state index in [0.717, 1.165) is 0 Å². The zero-order valence-corrected chi connectivity index (χ0v) is 12.3. The molecular formula is C14H20N4O3. The van der Waals surface area contributed by atoms with Crippen molar-refractivity contribution in [3.05, 3.63) is 18.2 Å². The quantitative estimate of drug-likeness (QED) is 0.792. The second-order valence-corrected chi connectivity index (χ2v) is 4.95. The highest BCUT2D eigenvalue weighted by Gasteiger charge is 2.25. The minimum atomic E-state index is -0.179. The van der Waals surface area contributed by atoms with Gasteiger partial charge in [-0.2, -0.15) is 0 Å². The molecule has 21 heavy (non-hydrogen) atoms. The van der Waals surface area contributed by atoms with Crippen molar-refractivity contribution in [3.63, 3.8) is 0 Å². The van der Waals surface area contributed by atoms with E-state index in [0.29, 0.717) is 36.8 Å². The second kappa shape index (κ2) is 6.34. The minimum Gasteiger partial charge on any atom is -0.495 e. The molecule has 7 heteroatoms. The SMILES string of the molecule is COc1ccc(N)cc1NC(=O)CCN1CCN(C)C1=O. The molecule has 1 aliphatic heterocycles. The number of carbonyl (C=O) groups is 2. The third-order valence-electron chi connectivity index (χ3n) is 3.41. The molecule has 1 aromatic carbocycles. The maximum absolute atomic E-state index is 12.0. The lowest BCUT2D eigenvalue weighted by Crippen LogP contribution is -2.32. The fourth-order valence-corrected chi connectivity index (χ4v) is 2.18. The van der Waals surface area contributed by atoms with E-state index in [1.165, 1.54) is 7.11 Å². The van der Waals surface area contributed by atoms with Gasteiger partial charge in [0.1, 0.15) is 5.75 Å². The highest BCUT2D eigenvalue weighted by atomic mass is 16.5. The number of nitrogens with one attached hydrogen (secondary N) is 1. The summed E-state index contributed by atoms with van der Waals surface area (Å²) < 4.78 is 5.17. The minimum absolute atomic E-state index is 0.0377. The molecule has 1 fully saturated rings. The number of nitrogens with two attached hydrogens (primary N) is 1. The number of nitrogens with zero attached hydrogens (tertiary/aromatic N) is 2. The number of hydrogen-bond donors (Lipinski definition) is 2. The Morgan fingerprint density at radius 3 is 2.81 bits per heavy atom. The molecule has 1 aliphatic rings. The van der Waals surface area contributed by atoms with Crippen LogP contribution in [0.5, 0.6) is 5.75 Å². The Hall–Kier alpha value is -2.44. The van der Waals surface area contributed by atoms with Gasteiger partial charge in [0.15, 0.2) is 0 Å². The van der Waals surface area contributed by atoms with Crippen molar-refractivity contribution in [3.8, 4) is 5.75 Å². The van der Waals surface area contributed by atoms with E-state index in [9.17, 15) is 9.59 Å². The van der Waals surface area contributed by atoms with Crippen molar-refractivity contribution >= 4 is 23.3 Å². The predicted octanol–water partition coefficient (Wildman–Crippen LogP) is 0.973. The van der Waals surface area contributed by atoms with Gasteiger partial charge in [0.05, 0.1) is 12.8 Å². The summed E-state index contributed by atoms with van der Waals surface area (Å²) in [7, 11) is 3.28. The number of rotatable bonds is 5.